The van der Waals surface area contributed by atoms with E-state index in [9.17, 15) is 10.1 Å². The predicted octanol–water partition coefficient (Wildman–Crippen LogP) is 3.31. The van der Waals surface area contributed by atoms with Crippen LogP contribution in [-0.4, -0.2) is 10.0 Å². The quantitative estimate of drug-likeness (QED) is 0.684. The molecular formula is C12H10ClNO4. The number of nitro groups is 1. The molecule has 5 nitrogen and oxygen atoms in total. The van der Waals surface area contributed by atoms with Crippen molar-refractivity contribution in [3.63, 3.8) is 0 Å². The highest BCUT2D eigenvalue weighted by Gasteiger charge is 2.17. The number of halogens is 1. The van der Waals surface area contributed by atoms with Gasteiger partial charge in [-0.25, -0.2) is 0 Å². The summed E-state index contributed by atoms with van der Waals surface area (Å²) in [6.45, 7) is 1.54. The van der Waals surface area contributed by atoms with Crippen molar-refractivity contribution in [3.05, 3.63) is 50.7 Å². The average molecular weight is 268 g/mol. The Balaban J connectivity index is 2.52. The van der Waals surface area contributed by atoms with E-state index < -0.39 is 4.92 Å². The van der Waals surface area contributed by atoms with E-state index in [4.69, 9.17) is 21.1 Å². The van der Waals surface area contributed by atoms with E-state index in [-0.39, 0.29) is 17.3 Å². The first-order chi connectivity index (χ1) is 8.52. The first kappa shape index (κ1) is 12.6. The molecule has 0 spiro atoms. The Hall–Kier alpha value is -1.85. The van der Waals surface area contributed by atoms with Crippen LogP contribution >= 0.6 is 11.6 Å². The molecule has 2 rings (SSSR count). The first-order valence-corrected chi connectivity index (χ1v) is 5.55. The Morgan fingerprint density at radius 1 is 1.44 bits per heavy atom. The predicted molar refractivity (Wildman–Crippen MR) is 66.5 cm³/mol. The fourth-order valence-electron chi connectivity index (χ4n) is 1.68. The van der Waals surface area contributed by atoms with Gasteiger partial charge in [-0.15, -0.1) is 0 Å². The van der Waals surface area contributed by atoms with Crippen LogP contribution in [0.1, 0.15) is 11.3 Å². The number of benzene rings is 1. The molecule has 0 aliphatic heterocycles. The third-order valence-electron chi connectivity index (χ3n) is 2.57. The molecule has 0 atom stereocenters. The number of hydrogen-bond donors (Lipinski definition) is 1. The van der Waals surface area contributed by atoms with Crippen LogP contribution in [-0.2, 0) is 6.61 Å². The monoisotopic (exact) mass is 267 g/mol. The molecule has 18 heavy (non-hydrogen) atoms. The molecule has 0 radical (unpaired) electrons. The minimum atomic E-state index is -0.527. The number of aliphatic hydroxyl groups excluding tert-OH is 1. The van der Waals surface area contributed by atoms with Crippen LogP contribution < -0.4 is 0 Å². The summed E-state index contributed by atoms with van der Waals surface area (Å²) in [6.07, 6.45) is 0. The highest BCUT2D eigenvalue weighted by Crippen LogP contribution is 2.34. The largest absolute Gasteiger partial charge is 0.459 e. The van der Waals surface area contributed by atoms with Crippen LogP contribution in [0.25, 0.3) is 11.3 Å². The molecule has 6 heteroatoms. The maximum absolute atomic E-state index is 10.7. The number of hydrogen-bond acceptors (Lipinski definition) is 4. The van der Waals surface area contributed by atoms with Gasteiger partial charge < -0.3 is 9.52 Å². The Kier molecular flexibility index (Phi) is 3.36. The number of aliphatic hydroxyl groups is 1. The van der Waals surface area contributed by atoms with E-state index in [1.165, 1.54) is 12.1 Å². The summed E-state index contributed by atoms with van der Waals surface area (Å²) in [7, 11) is 0. The molecule has 0 aliphatic carbocycles. The summed E-state index contributed by atoms with van der Waals surface area (Å²) >= 11 is 5.85. The summed E-state index contributed by atoms with van der Waals surface area (Å²) in [4.78, 5) is 10.2. The van der Waals surface area contributed by atoms with Gasteiger partial charge in [0.1, 0.15) is 23.2 Å². The lowest BCUT2D eigenvalue weighted by atomic mass is 10.1. The van der Waals surface area contributed by atoms with Crippen molar-refractivity contribution in [3.8, 4) is 11.3 Å². The number of furan rings is 1. The van der Waals surface area contributed by atoms with Gasteiger partial charge in [-0.2, -0.15) is 0 Å². The Labute approximate surface area is 108 Å². The van der Waals surface area contributed by atoms with E-state index in [1.54, 1.807) is 19.1 Å². The number of rotatable bonds is 3. The molecule has 0 amide bonds. The van der Waals surface area contributed by atoms with Gasteiger partial charge in [0, 0.05) is 11.6 Å². The standard InChI is InChI=1S/C12H10ClNO4/c1-7-4-11(14(16)17)10(13)5-9(7)12-3-2-8(6-15)18-12/h2-5,15H,6H2,1H3. The minimum Gasteiger partial charge on any atom is -0.459 e. The number of aryl methyl sites for hydroxylation is 1. The zero-order valence-corrected chi connectivity index (χ0v) is 10.3. The van der Waals surface area contributed by atoms with E-state index in [2.05, 4.69) is 0 Å². The van der Waals surface area contributed by atoms with Crippen molar-refractivity contribution in [2.24, 2.45) is 0 Å². The first-order valence-electron chi connectivity index (χ1n) is 5.17. The molecule has 0 bridgehead atoms. The molecule has 1 aromatic carbocycles. The molecule has 0 fully saturated rings. The SMILES string of the molecule is Cc1cc([N+](=O)[O-])c(Cl)cc1-c1ccc(CO)o1. The van der Waals surface area contributed by atoms with Crippen molar-refractivity contribution < 1.29 is 14.4 Å². The van der Waals surface area contributed by atoms with Gasteiger partial charge in [-0.05, 0) is 30.7 Å². The van der Waals surface area contributed by atoms with Crippen LogP contribution in [0.3, 0.4) is 0 Å². The van der Waals surface area contributed by atoms with Crippen molar-refractivity contribution in [2.75, 3.05) is 0 Å². The molecule has 2 aromatic rings. The average Bonchev–Trinajstić information content (AvgIpc) is 2.79. The van der Waals surface area contributed by atoms with E-state index >= 15 is 0 Å². The second-order valence-electron chi connectivity index (χ2n) is 3.80. The summed E-state index contributed by atoms with van der Waals surface area (Å²) in [5.74, 6) is 0.951. The summed E-state index contributed by atoms with van der Waals surface area (Å²) in [5.41, 5.74) is 1.22. The van der Waals surface area contributed by atoms with Crippen molar-refractivity contribution >= 4 is 17.3 Å². The van der Waals surface area contributed by atoms with Crippen LogP contribution in [0.2, 0.25) is 5.02 Å². The van der Waals surface area contributed by atoms with Gasteiger partial charge in [-0.3, -0.25) is 10.1 Å². The van der Waals surface area contributed by atoms with Gasteiger partial charge in [0.05, 0.1) is 4.92 Å². The maximum atomic E-state index is 10.7. The van der Waals surface area contributed by atoms with Crippen molar-refractivity contribution in [1.82, 2.24) is 0 Å². The van der Waals surface area contributed by atoms with Gasteiger partial charge in [-0.1, -0.05) is 11.6 Å². The lowest BCUT2D eigenvalue weighted by Crippen LogP contribution is -1.92. The second-order valence-corrected chi connectivity index (χ2v) is 4.21. The molecule has 0 saturated carbocycles. The summed E-state index contributed by atoms with van der Waals surface area (Å²) < 4.78 is 5.38. The topological polar surface area (TPSA) is 76.5 Å². The van der Waals surface area contributed by atoms with Gasteiger partial charge in [0.15, 0.2) is 0 Å². The highest BCUT2D eigenvalue weighted by molar-refractivity contribution is 6.33. The zero-order valence-electron chi connectivity index (χ0n) is 9.51. The van der Waals surface area contributed by atoms with Crippen LogP contribution in [0, 0.1) is 17.0 Å². The number of nitro benzene ring substituents is 1. The van der Waals surface area contributed by atoms with Gasteiger partial charge in [0.2, 0.25) is 0 Å². The third-order valence-corrected chi connectivity index (χ3v) is 2.88. The van der Waals surface area contributed by atoms with Crippen LogP contribution in [0.4, 0.5) is 5.69 Å². The molecule has 0 unspecified atom stereocenters. The number of nitrogens with zero attached hydrogens (tertiary/aromatic N) is 1. The van der Waals surface area contributed by atoms with E-state index in [1.807, 2.05) is 0 Å². The zero-order chi connectivity index (χ0) is 13.3. The van der Waals surface area contributed by atoms with Crippen LogP contribution in [0.5, 0.6) is 0 Å². The Bertz CT molecular complexity index is 606. The highest BCUT2D eigenvalue weighted by atomic mass is 35.5. The van der Waals surface area contributed by atoms with Gasteiger partial charge in [0.25, 0.3) is 5.69 Å². The molecule has 0 saturated heterocycles. The summed E-state index contributed by atoms with van der Waals surface area (Å²) in [5, 5.41) is 19.7. The van der Waals surface area contributed by atoms with Crippen molar-refractivity contribution in [2.45, 2.75) is 13.5 Å². The van der Waals surface area contributed by atoms with E-state index in [0.717, 1.165) is 0 Å². The van der Waals surface area contributed by atoms with Crippen molar-refractivity contribution in [1.29, 1.82) is 0 Å². The lowest BCUT2D eigenvalue weighted by molar-refractivity contribution is -0.384. The fraction of sp³-hybridized carbons (Fsp3) is 0.167. The molecular weight excluding hydrogens is 258 g/mol. The van der Waals surface area contributed by atoms with Gasteiger partial charge >= 0.3 is 0 Å². The maximum Gasteiger partial charge on any atom is 0.288 e. The smallest absolute Gasteiger partial charge is 0.288 e. The molecule has 1 heterocycles. The minimum absolute atomic E-state index is 0.0579. The fourth-order valence-corrected chi connectivity index (χ4v) is 1.91. The second kappa shape index (κ2) is 4.80. The Morgan fingerprint density at radius 3 is 2.72 bits per heavy atom. The third kappa shape index (κ3) is 2.23. The normalized spacial score (nSPS) is 10.6. The Morgan fingerprint density at radius 2 is 2.17 bits per heavy atom. The molecule has 94 valence electrons. The van der Waals surface area contributed by atoms with E-state index in [0.29, 0.717) is 22.6 Å². The summed E-state index contributed by atoms with van der Waals surface area (Å²) in [6, 6.07) is 6.23. The lowest BCUT2D eigenvalue weighted by Gasteiger charge is -2.04. The molecule has 1 N–H and O–H groups in total. The molecule has 1 aromatic heterocycles. The van der Waals surface area contributed by atoms with Crippen LogP contribution in [0.15, 0.2) is 28.7 Å². The molecule has 0 aliphatic rings.